The Balaban J connectivity index is 0.000000177. The van der Waals surface area contributed by atoms with Crippen molar-refractivity contribution in [2.24, 2.45) is 0 Å². The molecule has 5 heteroatoms. The molecule has 0 unspecified atom stereocenters. The highest BCUT2D eigenvalue weighted by atomic mass is 16.4. The van der Waals surface area contributed by atoms with Crippen LogP contribution in [0.2, 0.25) is 0 Å². The molecule has 3 aromatic carbocycles. The summed E-state index contributed by atoms with van der Waals surface area (Å²) in [6, 6.07) is 27.9. The third-order valence-electron chi connectivity index (χ3n) is 4.85. The number of rotatable bonds is 2. The first-order valence-electron chi connectivity index (χ1n) is 9.81. The molecule has 154 valence electrons. The van der Waals surface area contributed by atoms with Crippen LogP contribution in [-0.4, -0.2) is 14.1 Å². The standard InChI is InChI=1S/C17H15NO2.C9H6O2/c1-18(2)14-9-8-13-10-15(12-6-4-3-5-7-12)17(19)20-16(13)11-14;10-9-6-5-7-3-1-2-4-8(7)11-9/h3-11H,1-2H3;1-6H. The monoisotopic (exact) mass is 411 g/mol. The van der Waals surface area contributed by atoms with Crippen molar-refractivity contribution in [3.63, 3.8) is 0 Å². The Morgan fingerprint density at radius 3 is 2.13 bits per heavy atom. The SMILES string of the molecule is CN(C)c1ccc2cc(-c3ccccc3)c(=O)oc2c1.O=c1ccc2ccccc2o1. The van der Waals surface area contributed by atoms with Gasteiger partial charge in [-0.1, -0.05) is 48.5 Å². The van der Waals surface area contributed by atoms with Gasteiger partial charge in [-0.15, -0.1) is 0 Å². The van der Waals surface area contributed by atoms with Crippen LogP contribution in [0, 0.1) is 0 Å². The van der Waals surface area contributed by atoms with E-state index in [9.17, 15) is 9.59 Å². The number of para-hydroxylation sites is 1. The second-order valence-corrected chi connectivity index (χ2v) is 7.22. The van der Waals surface area contributed by atoms with Crippen molar-refractivity contribution in [2.75, 3.05) is 19.0 Å². The predicted molar refractivity (Wildman–Crippen MR) is 125 cm³/mol. The predicted octanol–water partition coefficient (Wildman–Crippen LogP) is 5.32. The van der Waals surface area contributed by atoms with Gasteiger partial charge in [0.05, 0.1) is 5.56 Å². The molecule has 0 aliphatic rings. The molecule has 5 aromatic rings. The van der Waals surface area contributed by atoms with Crippen molar-refractivity contribution < 1.29 is 8.83 Å². The molecule has 0 bridgehead atoms. The molecule has 0 aliphatic carbocycles. The average molecular weight is 411 g/mol. The minimum absolute atomic E-state index is 0.302. The normalized spacial score (nSPS) is 10.5. The van der Waals surface area contributed by atoms with Gasteiger partial charge in [0.1, 0.15) is 11.2 Å². The summed E-state index contributed by atoms with van der Waals surface area (Å²) < 4.78 is 10.4. The Morgan fingerprint density at radius 1 is 0.645 bits per heavy atom. The van der Waals surface area contributed by atoms with Crippen molar-refractivity contribution in [1.82, 2.24) is 0 Å². The van der Waals surface area contributed by atoms with Gasteiger partial charge in [0.15, 0.2) is 0 Å². The van der Waals surface area contributed by atoms with Gasteiger partial charge in [-0.3, -0.25) is 0 Å². The zero-order valence-electron chi connectivity index (χ0n) is 17.2. The fourth-order valence-corrected chi connectivity index (χ4v) is 3.21. The Morgan fingerprint density at radius 2 is 1.35 bits per heavy atom. The van der Waals surface area contributed by atoms with E-state index in [1.54, 1.807) is 12.1 Å². The third kappa shape index (κ3) is 4.56. The highest BCUT2D eigenvalue weighted by Crippen LogP contribution is 2.24. The number of nitrogens with zero attached hydrogens (tertiary/aromatic N) is 1. The lowest BCUT2D eigenvalue weighted by atomic mass is 10.1. The van der Waals surface area contributed by atoms with Gasteiger partial charge in [-0.25, -0.2) is 9.59 Å². The summed E-state index contributed by atoms with van der Waals surface area (Å²) in [7, 11) is 3.91. The fraction of sp³-hybridized carbons (Fsp3) is 0.0769. The number of fused-ring (bicyclic) bond motifs is 2. The number of hydrogen-bond donors (Lipinski definition) is 0. The molecular formula is C26H21NO4. The Labute approximate surface area is 178 Å². The second-order valence-electron chi connectivity index (χ2n) is 7.22. The Kier molecular flexibility index (Phi) is 5.67. The highest BCUT2D eigenvalue weighted by Gasteiger charge is 2.08. The maximum atomic E-state index is 12.1. The average Bonchev–Trinajstić information content (AvgIpc) is 2.79. The van der Waals surface area contributed by atoms with E-state index in [0.717, 1.165) is 22.0 Å². The molecule has 0 saturated heterocycles. The molecule has 0 N–H and O–H groups in total. The molecule has 0 saturated carbocycles. The first-order chi connectivity index (χ1) is 15.0. The van der Waals surface area contributed by atoms with Crippen LogP contribution < -0.4 is 16.2 Å². The zero-order valence-corrected chi connectivity index (χ0v) is 17.2. The van der Waals surface area contributed by atoms with Gasteiger partial charge in [0.2, 0.25) is 0 Å². The molecule has 31 heavy (non-hydrogen) atoms. The first-order valence-corrected chi connectivity index (χ1v) is 9.81. The van der Waals surface area contributed by atoms with E-state index in [1.807, 2.05) is 91.8 Å². The van der Waals surface area contributed by atoms with Crippen molar-refractivity contribution in [1.29, 1.82) is 0 Å². The van der Waals surface area contributed by atoms with E-state index in [4.69, 9.17) is 8.83 Å². The van der Waals surface area contributed by atoms with Crippen molar-refractivity contribution in [3.8, 4) is 11.1 Å². The summed E-state index contributed by atoms with van der Waals surface area (Å²) in [6.45, 7) is 0. The van der Waals surface area contributed by atoms with Crippen LogP contribution in [0.3, 0.4) is 0 Å². The van der Waals surface area contributed by atoms with Crippen LogP contribution in [0.1, 0.15) is 0 Å². The van der Waals surface area contributed by atoms with Crippen LogP contribution in [0.25, 0.3) is 33.1 Å². The highest BCUT2D eigenvalue weighted by molar-refractivity contribution is 5.84. The van der Waals surface area contributed by atoms with E-state index >= 15 is 0 Å². The zero-order chi connectivity index (χ0) is 21.8. The molecule has 5 nitrogen and oxygen atoms in total. The molecule has 0 aliphatic heterocycles. The molecule has 0 atom stereocenters. The molecule has 0 amide bonds. The largest absolute Gasteiger partial charge is 0.423 e. The van der Waals surface area contributed by atoms with Gasteiger partial charge >= 0.3 is 11.3 Å². The van der Waals surface area contributed by atoms with E-state index in [-0.39, 0.29) is 11.3 Å². The summed E-state index contributed by atoms with van der Waals surface area (Å²) >= 11 is 0. The summed E-state index contributed by atoms with van der Waals surface area (Å²) in [5.41, 5.74) is 3.12. The summed E-state index contributed by atoms with van der Waals surface area (Å²) in [4.78, 5) is 24.8. The smallest absolute Gasteiger partial charge is 0.344 e. The van der Waals surface area contributed by atoms with E-state index in [0.29, 0.717) is 16.7 Å². The van der Waals surface area contributed by atoms with E-state index in [1.165, 1.54) is 6.07 Å². The van der Waals surface area contributed by atoms with Crippen molar-refractivity contribution in [3.05, 3.63) is 112 Å². The van der Waals surface area contributed by atoms with Gasteiger partial charge in [-0.05, 0) is 35.9 Å². The number of benzene rings is 3. The summed E-state index contributed by atoms with van der Waals surface area (Å²) in [5.74, 6) is 0. The topological polar surface area (TPSA) is 63.7 Å². The van der Waals surface area contributed by atoms with Gasteiger partial charge in [-0.2, -0.15) is 0 Å². The van der Waals surface area contributed by atoms with Crippen molar-refractivity contribution >= 4 is 27.6 Å². The third-order valence-corrected chi connectivity index (χ3v) is 4.85. The molecule has 0 fully saturated rings. The number of hydrogen-bond acceptors (Lipinski definition) is 5. The lowest BCUT2D eigenvalue weighted by molar-refractivity contribution is 0.561. The Bertz CT molecular complexity index is 1450. The van der Waals surface area contributed by atoms with Crippen LogP contribution >= 0.6 is 0 Å². The van der Waals surface area contributed by atoms with Gasteiger partial charge in [0.25, 0.3) is 0 Å². The van der Waals surface area contributed by atoms with Crippen molar-refractivity contribution in [2.45, 2.75) is 0 Å². The number of anilines is 1. The van der Waals surface area contributed by atoms with Gasteiger partial charge in [0, 0.05) is 42.7 Å². The van der Waals surface area contributed by atoms with E-state index in [2.05, 4.69) is 0 Å². The van der Waals surface area contributed by atoms with Crippen LogP contribution in [0.5, 0.6) is 0 Å². The van der Waals surface area contributed by atoms with Crippen LogP contribution in [0.4, 0.5) is 5.69 Å². The summed E-state index contributed by atoms with van der Waals surface area (Å²) in [6.07, 6.45) is 0. The maximum Gasteiger partial charge on any atom is 0.344 e. The minimum Gasteiger partial charge on any atom is -0.423 e. The molecule has 0 radical (unpaired) electrons. The second kappa shape index (κ2) is 8.71. The molecule has 5 rings (SSSR count). The summed E-state index contributed by atoms with van der Waals surface area (Å²) in [5, 5.41) is 1.88. The first kappa shape index (κ1) is 20.2. The quantitative estimate of drug-likeness (QED) is 0.368. The fourth-order valence-electron chi connectivity index (χ4n) is 3.21. The molecule has 0 spiro atoms. The maximum absolute atomic E-state index is 12.1. The molecule has 2 heterocycles. The van der Waals surface area contributed by atoms with E-state index < -0.39 is 0 Å². The molecular weight excluding hydrogens is 390 g/mol. The van der Waals surface area contributed by atoms with Crippen LogP contribution in [-0.2, 0) is 0 Å². The Hall–Kier alpha value is -4.12. The molecule has 2 aromatic heterocycles. The van der Waals surface area contributed by atoms with Crippen LogP contribution in [0.15, 0.2) is 109 Å². The minimum atomic E-state index is -0.306. The van der Waals surface area contributed by atoms with Gasteiger partial charge < -0.3 is 13.7 Å². The lowest BCUT2D eigenvalue weighted by Crippen LogP contribution is -2.08. The lowest BCUT2D eigenvalue weighted by Gasteiger charge is -2.12.